The van der Waals surface area contributed by atoms with Crippen LogP contribution in [0, 0.1) is 0 Å². The topological polar surface area (TPSA) is 28.0 Å². The van der Waals surface area contributed by atoms with E-state index in [1.165, 1.54) is 12.8 Å². The first kappa shape index (κ1) is 12.3. The summed E-state index contributed by atoms with van der Waals surface area (Å²) in [7, 11) is 4.08. The Hall–Kier alpha value is -0.660. The highest BCUT2D eigenvalue weighted by Gasteiger charge is 2.06. The maximum Gasteiger partial charge on any atom is 0.112 e. The third kappa shape index (κ3) is 6.50. The molecule has 0 saturated heterocycles. The standard InChI is InChI=1S/C10H21N3/c1-5-7-8-10(13(3)4)12-9-11-6-2/h10H,5-8H2,1-4H3. The lowest BCUT2D eigenvalue weighted by atomic mass is 10.2. The first-order valence-corrected chi connectivity index (χ1v) is 5.00. The van der Waals surface area contributed by atoms with Gasteiger partial charge in [-0.15, -0.1) is 0 Å². The minimum absolute atomic E-state index is 0.246. The lowest BCUT2D eigenvalue weighted by Crippen LogP contribution is -2.25. The molecule has 0 aromatic carbocycles. The molecule has 0 aromatic heterocycles. The smallest absolute Gasteiger partial charge is 0.112 e. The fourth-order valence-corrected chi connectivity index (χ4v) is 1.00. The quantitative estimate of drug-likeness (QED) is 0.580. The molecule has 0 heterocycles. The van der Waals surface area contributed by atoms with E-state index in [1.54, 1.807) is 0 Å². The van der Waals surface area contributed by atoms with Crippen molar-refractivity contribution in [2.75, 3.05) is 20.6 Å². The van der Waals surface area contributed by atoms with Gasteiger partial charge in [0.25, 0.3) is 0 Å². The molecule has 0 bridgehead atoms. The summed E-state index contributed by atoms with van der Waals surface area (Å²) in [5, 5.41) is 0. The summed E-state index contributed by atoms with van der Waals surface area (Å²) in [5.74, 6) is 0. The Labute approximate surface area is 81.6 Å². The number of unbranched alkanes of at least 4 members (excludes halogenated alkanes) is 1. The normalized spacial score (nSPS) is 12.4. The van der Waals surface area contributed by atoms with E-state index in [0.29, 0.717) is 0 Å². The Bertz CT molecular complexity index is 169. The monoisotopic (exact) mass is 183 g/mol. The average molecular weight is 183 g/mol. The van der Waals surface area contributed by atoms with Crippen LogP contribution >= 0.6 is 0 Å². The Balaban J connectivity index is 4.01. The van der Waals surface area contributed by atoms with Crippen LogP contribution < -0.4 is 0 Å². The zero-order chi connectivity index (χ0) is 10.1. The van der Waals surface area contributed by atoms with Gasteiger partial charge in [0.1, 0.15) is 6.17 Å². The van der Waals surface area contributed by atoms with E-state index in [4.69, 9.17) is 0 Å². The number of aliphatic imine (C=N–C) groups is 2. The van der Waals surface area contributed by atoms with Crippen molar-refractivity contribution >= 4 is 6.01 Å². The van der Waals surface area contributed by atoms with Crippen LogP contribution in [-0.2, 0) is 0 Å². The summed E-state index contributed by atoms with van der Waals surface area (Å²) < 4.78 is 0. The Morgan fingerprint density at radius 2 is 2.00 bits per heavy atom. The maximum atomic E-state index is 4.26. The molecule has 13 heavy (non-hydrogen) atoms. The van der Waals surface area contributed by atoms with Gasteiger partial charge in [0, 0.05) is 6.54 Å². The number of nitrogens with zero attached hydrogens (tertiary/aromatic N) is 3. The second-order valence-electron chi connectivity index (χ2n) is 3.29. The van der Waals surface area contributed by atoms with Gasteiger partial charge >= 0.3 is 0 Å². The van der Waals surface area contributed by atoms with Crippen LogP contribution in [0.5, 0.6) is 0 Å². The van der Waals surface area contributed by atoms with Crippen LogP contribution in [0.1, 0.15) is 33.1 Å². The zero-order valence-electron chi connectivity index (χ0n) is 9.25. The molecule has 0 aliphatic heterocycles. The summed E-state index contributed by atoms with van der Waals surface area (Å²) >= 11 is 0. The maximum absolute atomic E-state index is 4.26. The Morgan fingerprint density at radius 1 is 1.31 bits per heavy atom. The van der Waals surface area contributed by atoms with Crippen LogP contribution in [0.3, 0.4) is 0 Å². The molecular formula is C10H21N3. The number of rotatable bonds is 6. The van der Waals surface area contributed by atoms with Gasteiger partial charge in [-0.3, -0.25) is 4.90 Å². The van der Waals surface area contributed by atoms with Crippen molar-refractivity contribution in [3.8, 4) is 0 Å². The van der Waals surface area contributed by atoms with Crippen molar-refractivity contribution in [2.24, 2.45) is 9.98 Å². The predicted octanol–water partition coefficient (Wildman–Crippen LogP) is 2.26. The van der Waals surface area contributed by atoms with E-state index in [0.717, 1.165) is 13.0 Å². The number of hydrogen-bond donors (Lipinski definition) is 0. The predicted molar refractivity (Wildman–Crippen MR) is 57.4 cm³/mol. The molecule has 0 aliphatic carbocycles. The lowest BCUT2D eigenvalue weighted by molar-refractivity contribution is 0.283. The highest BCUT2D eigenvalue weighted by atomic mass is 15.2. The Kier molecular flexibility index (Phi) is 7.56. The van der Waals surface area contributed by atoms with E-state index in [2.05, 4.69) is 27.8 Å². The van der Waals surface area contributed by atoms with E-state index in [1.807, 2.05) is 21.0 Å². The molecule has 0 fully saturated rings. The molecule has 0 rings (SSSR count). The van der Waals surface area contributed by atoms with Gasteiger partial charge in [-0.05, 0) is 27.4 Å². The van der Waals surface area contributed by atoms with Gasteiger partial charge < -0.3 is 0 Å². The second-order valence-corrected chi connectivity index (χ2v) is 3.29. The van der Waals surface area contributed by atoms with Gasteiger partial charge in [-0.25, -0.2) is 9.98 Å². The fourth-order valence-electron chi connectivity index (χ4n) is 1.00. The van der Waals surface area contributed by atoms with Gasteiger partial charge in [0.2, 0.25) is 0 Å². The first-order valence-electron chi connectivity index (χ1n) is 5.00. The third-order valence-corrected chi connectivity index (χ3v) is 1.85. The molecule has 76 valence electrons. The van der Waals surface area contributed by atoms with Gasteiger partial charge in [-0.2, -0.15) is 0 Å². The molecule has 0 aliphatic rings. The van der Waals surface area contributed by atoms with Crippen LogP contribution in [-0.4, -0.2) is 37.7 Å². The van der Waals surface area contributed by atoms with Crippen molar-refractivity contribution in [3.63, 3.8) is 0 Å². The molecule has 1 atom stereocenters. The van der Waals surface area contributed by atoms with Crippen LogP contribution in [0.15, 0.2) is 9.98 Å². The van der Waals surface area contributed by atoms with Crippen molar-refractivity contribution in [3.05, 3.63) is 0 Å². The van der Waals surface area contributed by atoms with Crippen LogP contribution in [0.4, 0.5) is 0 Å². The molecule has 0 saturated carbocycles. The highest BCUT2D eigenvalue weighted by Crippen LogP contribution is 2.05. The molecule has 0 aromatic rings. The summed E-state index contributed by atoms with van der Waals surface area (Å²) in [6, 6.07) is 2.73. The molecule has 0 radical (unpaired) electrons. The Morgan fingerprint density at radius 3 is 2.46 bits per heavy atom. The number of hydrogen-bond acceptors (Lipinski definition) is 3. The summed E-state index contributed by atoms with van der Waals surface area (Å²) in [6.45, 7) is 4.94. The molecular weight excluding hydrogens is 162 g/mol. The van der Waals surface area contributed by atoms with Crippen molar-refractivity contribution < 1.29 is 0 Å². The first-order chi connectivity index (χ1) is 6.22. The fraction of sp³-hybridized carbons (Fsp3) is 0.900. The van der Waals surface area contributed by atoms with Crippen LogP contribution in [0.25, 0.3) is 0 Å². The minimum Gasteiger partial charge on any atom is -0.287 e. The van der Waals surface area contributed by atoms with Crippen molar-refractivity contribution in [2.45, 2.75) is 39.3 Å². The van der Waals surface area contributed by atoms with Crippen molar-refractivity contribution in [1.82, 2.24) is 4.90 Å². The van der Waals surface area contributed by atoms with E-state index >= 15 is 0 Å². The largest absolute Gasteiger partial charge is 0.287 e. The average Bonchev–Trinajstić information content (AvgIpc) is 2.10. The summed E-state index contributed by atoms with van der Waals surface area (Å²) in [4.78, 5) is 10.3. The molecule has 0 N–H and O–H groups in total. The van der Waals surface area contributed by atoms with Gasteiger partial charge in [-0.1, -0.05) is 19.8 Å². The SMILES string of the molecule is CCCCC(N=C=NCC)N(C)C. The van der Waals surface area contributed by atoms with E-state index < -0.39 is 0 Å². The zero-order valence-corrected chi connectivity index (χ0v) is 9.25. The lowest BCUT2D eigenvalue weighted by Gasteiger charge is -2.17. The van der Waals surface area contributed by atoms with Gasteiger partial charge in [0.15, 0.2) is 0 Å². The molecule has 0 amide bonds. The summed E-state index contributed by atoms with van der Waals surface area (Å²) in [6.07, 6.45) is 3.76. The molecule has 3 nitrogen and oxygen atoms in total. The molecule has 1 unspecified atom stereocenters. The minimum atomic E-state index is 0.246. The van der Waals surface area contributed by atoms with E-state index in [9.17, 15) is 0 Å². The van der Waals surface area contributed by atoms with E-state index in [-0.39, 0.29) is 6.17 Å². The third-order valence-electron chi connectivity index (χ3n) is 1.85. The highest BCUT2D eigenvalue weighted by molar-refractivity contribution is 5.41. The van der Waals surface area contributed by atoms with Crippen LogP contribution in [0.2, 0.25) is 0 Å². The summed E-state index contributed by atoms with van der Waals surface area (Å²) in [5.41, 5.74) is 0. The van der Waals surface area contributed by atoms with Crippen molar-refractivity contribution in [1.29, 1.82) is 0 Å². The van der Waals surface area contributed by atoms with Gasteiger partial charge in [0.05, 0.1) is 6.01 Å². The second kappa shape index (κ2) is 7.96. The molecule has 3 heteroatoms. The molecule has 0 spiro atoms.